The van der Waals surface area contributed by atoms with E-state index in [9.17, 15) is 0 Å². The molecule has 2 atom stereocenters. The molecule has 2 unspecified atom stereocenters. The first-order valence-electron chi connectivity index (χ1n) is 6.77. The van der Waals surface area contributed by atoms with Gasteiger partial charge in [0.25, 0.3) is 0 Å². The summed E-state index contributed by atoms with van der Waals surface area (Å²) in [5, 5.41) is 1.17. The van der Waals surface area contributed by atoms with Gasteiger partial charge in [0.15, 0.2) is 0 Å². The topological polar surface area (TPSA) is 60.2 Å². The average Bonchev–Trinajstić information content (AvgIpc) is 2.49. The van der Waals surface area contributed by atoms with Crippen molar-refractivity contribution in [3.63, 3.8) is 0 Å². The molecule has 3 N–H and O–H groups in total. The molecule has 3 rings (SSSR count). The van der Waals surface area contributed by atoms with Gasteiger partial charge in [-0.3, -0.25) is 16.3 Å². The molecule has 0 aliphatic carbocycles. The molecule has 0 saturated carbocycles. The van der Waals surface area contributed by atoms with E-state index in [0.717, 1.165) is 31.6 Å². The summed E-state index contributed by atoms with van der Waals surface area (Å²) in [6.45, 7) is 1.64. The standard InChI is InChI=1S/C15H19N3O/c16-18-15(11-4-3-9-19-10-11)13-7-8-17-14-6-2-1-5-12(13)14/h1-2,5-8,11,15,18H,3-4,9-10,16H2. The third kappa shape index (κ3) is 2.47. The number of fused-ring (bicyclic) bond motifs is 1. The van der Waals surface area contributed by atoms with E-state index in [4.69, 9.17) is 10.6 Å². The molecule has 4 heteroatoms. The maximum Gasteiger partial charge on any atom is 0.0705 e. The third-order valence-electron chi connectivity index (χ3n) is 3.86. The van der Waals surface area contributed by atoms with E-state index in [0.29, 0.717) is 5.92 Å². The molecular formula is C15H19N3O. The van der Waals surface area contributed by atoms with Gasteiger partial charge in [-0.25, -0.2) is 0 Å². The maximum atomic E-state index is 5.80. The van der Waals surface area contributed by atoms with Crippen LogP contribution >= 0.6 is 0 Å². The zero-order valence-electron chi connectivity index (χ0n) is 10.9. The minimum absolute atomic E-state index is 0.119. The highest BCUT2D eigenvalue weighted by Crippen LogP contribution is 2.31. The van der Waals surface area contributed by atoms with Crippen molar-refractivity contribution in [1.82, 2.24) is 10.4 Å². The molecule has 0 amide bonds. The van der Waals surface area contributed by atoms with Gasteiger partial charge in [-0.1, -0.05) is 18.2 Å². The lowest BCUT2D eigenvalue weighted by Gasteiger charge is -2.30. The van der Waals surface area contributed by atoms with Crippen molar-refractivity contribution in [2.24, 2.45) is 11.8 Å². The van der Waals surface area contributed by atoms with Crippen molar-refractivity contribution in [2.45, 2.75) is 18.9 Å². The quantitative estimate of drug-likeness (QED) is 0.653. The van der Waals surface area contributed by atoms with E-state index in [1.165, 1.54) is 10.9 Å². The van der Waals surface area contributed by atoms with E-state index in [1.54, 1.807) is 0 Å². The highest BCUT2D eigenvalue weighted by atomic mass is 16.5. The van der Waals surface area contributed by atoms with E-state index < -0.39 is 0 Å². The minimum Gasteiger partial charge on any atom is -0.381 e. The second-order valence-electron chi connectivity index (χ2n) is 5.04. The van der Waals surface area contributed by atoms with Gasteiger partial charge in [-0.2, -0.15) is 0 Å². The fourth-order valence-electron chi connectivity index (χ4n) is 2.90. The Hall–Kier alpha value is -1.49. The summed E-state index contributed by atoms with van der Waals surface area (Å²) in [5.74, 6) is 6.22. The van der Waals surface area contributed by atoms with Crippen LogP contribution in [0.5, 0.6) is 0 Å². The Balaban J connectivity index is 2.00. The van der Waals surface area contributed by atoms with Gasteiger partial charge in [-0.05, 0) is 30.5 Å². The summed E-state index contributed by atoms with van der Waals surface area (Å²) >= 11 is 0. The summed E-state index contributed by atoms with van der Waals surface area (Å²) < 4.78 is 5.59. The number of nitrogens with one attached hydrogen (secondary N) is 1. The molecular weight excluding hydrogens is 238 g/mol. The number of nitrogens with zero attached hydrogens (tertiary/aromatic N) is 1. The van der Waals surface area contributed by atoms with Gasteiger partial charge in [0.2, 0.25) is 0 Å². The van der Waals surface area contributed by atoms with Crippen LogP contribution in [-0.2, 0) is 4.74 Å². The van der Waals surface area contributed by atoms with E-state index in [2.05, 4.69) is 22.5 Å². The minimum atomic E-state index is 0.119. The van der Waals surface area contributed by atoms with Crippen LogP contribution in [0, 0.1) is 5.92 Å². The number of rotatable bonds is 3. The smallest absolute Gasteiger partial charge is 0.0705 e. The maximum absolute atomic E-state index is 5.80. The molecule has 0 bridgehead atoms. The Morgan fingerprint density at radius 2 is 2.21 bits per heavy atom. The van der Waals surface area contributed by atoms with Gasteiger partial charge in [0, 0.05) is 24.1 Å². The Morgan fingerprint density at radius 3 is 3.00 bits per heavy atom. The highest BCUT2D eigenvalue weighted by Gasteiger charge is 2.26. The molecule has 0 radical (unpaired) electrons. The van der Waals surface area contributed by atoms with Gasteiger partial charge in [0.1, 0.15) is 0 Å². The van der Waals surface area contributed by atoms with Gasteiger partial charge >= 0.3 is 0 Å². The first-order chi connectivity index (χ1) is 9.40. The lowest BCUT2D eigenvalue weighted by Crippen LogP contribution is -2.37. The van der Waals surface area contributed by atoms with Crippen LogP contribution in [0.3, 0.4) is 0 Å². The lowest BCUT2D eigenvalue weighted by molar-refractivity contribution is 0.0392. The number of hydrazine groups is 1. The molecule has 100 valence electrons. The fraction of sp³-hybridized carbons (Fsp3) is 0.400. The van der Waals surface area contributed by atoms with Crippen molar-refractivity contribution in [2.75, 3.05) is 13.2 Å². The summed E-state index contributed by atoms with van der Waals surface area (Å²) in [6.07, 6.45) is 4.10. The summed E-state index contributed by atoms with van der Waals surface area (Å²) in [5.41, 5.74) is 5.20. The number of para-hydroxylation sites is 1. The van der Waals surface area contributed by atoms with Crippen LogP contribution in [-0.4, -0.2) is 18.2 Å². The van der Waals surface area contributed by atoms with E-state index in [-0.39, 0.29) is 6.04 Å². The van der Waals surface area contributed by atoms with Crippen LogP contribution in [0.1, 0.15) is 24.4 Å². The molecule has 2 aromatic rings. The number of hydrogen-bond donors (Lipinski definition) is 2. The summed E-state index contributed by atoms with van der Waals surface area (Å²) in [4.78, 5) is 4.40. The molecule has 1 aliphatic heterocycles. The number of ether oxygens (including phenoxy) is 1. The Morgan fingerprint density at radius 1 is 1.32 bits per heavy atom. The van der Waals surface area contributed by atoms with Crippen molar-refractivity contribution in [3.05, 3.63) is 42.1 Å². The SMILES string of the molecule is NNC(c1ccnc2ccccc12)C1CCCOC1. The molecule has 1 aromatic heterocycles. The van der Waals surface area contributed by atoms with E-state index >= 15 is 0 Å². The molecule has 2 heterocycles. The number of nitrogens with two attached hydrogens (primary N) is 1. The normalized spacial score (nSPS) is 21.4. The molecule has 1 aromatic carbocycles. The second-order valence-corrected chi connectivity index (χ2v) is 5.04. The van der Waals surface area contributed by atoms with Crippen molar-refractivity contribution >= 4 is 10.9 Å². The van der Waals surface area contributed by atoms with Crippen LogP contribution in [0.4, 0.5) is 0 Å². The number of aromatic nitrogens is 1. The third-order valence-corrected chi connectivity index (χ3v) is 3.86. The van der Waals surface area contributed by atoms with Crippen molar-refractivity contribution < 1.29 is 4.74 Å². The second kappa shape index (κ2) is 5.65. The average molecular weight is 257 g/mol. The van der Waals surface area contributed by atoms with Gasteiger partial charge < -0.3 is 4.74 Å². The Kier molecular flexibility index (Phi) is 3.73. The van der Waals surface area contributed by atoms with Crippen molar-refractivity contribution in [3.8, 4) is 0 Å². The predicted molar refractivity (Wildman–Crippen MR) is 75.4 cm³/mol. The largest absolute Gasteiger partial charge is 0.381 e. The lowest BCUT2D eigenvalue weighted by atomic mass is 9.88. The first-order valence-corrected chi connectivity index (χ1v) is 6.77. The van der Waals surface area contributed by atoms with Crippen LogP contribution < -0.4 is 11.3 Å². The zero-order chi connectivity index (χ0) is 13.1. The van der Waals surface area contributed by atoms with Crippen LogP contribution in [0.15, 0.2) is 36.5 Å². The number of pyridine rings is 1. The molecule has 0 spiro atoms. The zero-order valence-corrected chi connectivity index (χ0v) is 10.9. The molecule has 4 nitrogen and oxygen atoms in total. The monoisotopic (exact) mass is 257 g/mol. The van der Waals surface area contributed by atoms with Crippen molar-refractivity contribution in [1.29, 1.82) is 0 Å². The number of hydrogen-bond acceptors (Lipinski definition) is 4. The fourth-order valence-corrected chi connectivity index (χ4v) is 2.90. The van der Waals surface area contributed by atoms with Gasteiger partial charge in [-0.15, -0.1) is 0 Å². The summed E-state index contributed by atoms with van der Waals surface area (Å²) in [6, 6.07) is 10.4. The molecule has 19 heavy (non-hydrogen) atoms. The van der Waals surface area contributed by atoms with Crippen LogP contribution in [0.2, 0.25) is 0 Å². The molecule has 1 aliphatic rings. The Bertz CT molecular complexity index is 547. The molecule has 1 saturated heterocycles. The van der Waals surface area contributed by atoms with Crippen LogP contribution in [0.25, 0.3) is 10.9 Å². The molecule has 1 fully saturated rings. The predicted octanol–water partition coefficient (Wildman–Crippen LogP) is 2.17. The van der Waals surface area contributed by atoms with Gasteiger partial charge in [0.05, 0.1) is 18.2 Å². The summed E-state index contributed by atoms with van der Waals surface area (Å²) in [7, 11) is 0. The van der Waals surface area contributed by atoms with E-state index in [1.807, 2.05) is 24.4 Å². The first kappa shape index (κ1) is 12.5. The Labute approximate surface area is 112 Å². The highest BCUT2D eigenvalue weighted by molar-refractivity contribution is 5.82. The number of benzene rings is 1.